The molecule has 0 amide bonds. The van der Waals surface area contributed by atoms with Crippen LogP contribution in [0.2, 0.25) is 0 Å². The van der Waals surface area contributed by atoms with Crippen LogP contribution in [0.3, 0.4) is 0 Å². The Morgan fingerprint density at radius 1 is 1.14 bits per heavy atom. The van der Waals surface area contributed by atoms with E-state index in [1.165, 1.54) is 4.52 Å². The molecule has 0 aliphatic carbocycles. The van der Waals surface area contributed by atoms with Gasteiger partial charge in [0, 0.05) is 17.0 Å². The maximum absolute atomic E-state index is 12.4. The Bertz CT molecular complexity index is 1180. The Balaban J connectivity index is 1.50. The van der Waals surface area contributed by atoms with Crippen LogP contribution in [0.4, 0.5) is 0 Å². The number of methoxy groups -OCH3 is 1. The number of hydrogen-bond acceptors (Lipinski definition) is 9. The molecular formula is C19H18N6O4. The van der Waals surface area contributed by atoms with E-state index in [4.69, 9.17) is 13.9 Å². The number of aryl methyl sites for hydroxylation is 2. The van der Waals surface area contributed by atoms with E-state index in [-0.39, 0.29) is 11.7 Å². The minimum atomic E-state index is -0.774. The topological polar surface area (TPSA) is 118 Å². The van der Waals surface area contributed by atoms with E-state index in [0.717, 1.165) is 22.7 Å². The van der Waals surface area contributed by atoms with Gasteiger partial charge in [-0.25, -0.2) is 14.3 Å². The summed E-state index contributed by atoms with van der Waals surface area (Å²) >= 11 is 0. The summed E-state index contributed by atoms with van der Waals surface area (Å²) in [6, 6.07) is 9.01. The van der Waals surface area contributed by atoms with Crippen molar-refractivity contribution in [2.75, 3.05) is 7.11 Å². The second-order valence-corrected chi connectivity index (χ2v) is 6.41. The van der Waals surface area contributed by atoms with Crippen LogP contribution in [0.5, 0.6) is 5.75 Å². The molecule has 0 saturated carbocycles. The van der Waals surface area contributed by atoms with Crippen LogP contribution in [-0.4, -0.2) is 42.9 Å². The average Bonchev–Trinajstić information content (AvgIpc) is 3.35. The predicted molar refractivity (Wildman–Crippen MR) is 100 cm³/mol. The van der Waals surface area contributed by atoms with Crippen LogP contribution < -0.4 is 4.74 Å². The summed E-state index contributed by atoms with van der Waals surface area (Å²) in [4.78, 5) is 20.8. The van der Waals surface area contributed by atoms with Crippen molar-refractivity contribution in [3.05, 3.63) is 53.4 Å². The van der Waals surface area contributed by atoms with Crippen LogP contribution >= 0.6 is 0 Å². The van der Waals surface area contributed by atoms with Crippen LogP contribution in [0.15, 0.2) is 34.7 Å². The molecule has 0 radical (unpaired) electrons. The Hall–Kier alpha value is -3.82. The van der Waals surface area contributed by atoms with Gasteiger partial charge in [0.15, 0.2) is 6.10 Å². The molecule has 0 spiro atoms. The van der Waals surface area contributed by atoms with Crippen molar-refractivity contribution in [1.29, 1.82) is 0 Å². The number of benzene rings is 1. The summed E-state index contributed by atoms with van der Waals surface area (Å²) in [6.45, 7) is 5.33. The number of aromatic nitrogens is 6. The molecule has 3 aromatic heterocycles. The average molecular weight is 394 g/mol. The molecule has 0 aliphatic heterocycles. The van der Waals surface area contributed by atoms with E-state index in [0.29, 0.717) is 11.7 Å². The predicted octanol–water partition coefficient (Wildman–Crippen LogP) is 2.72. The lowest BCUT2D eigenvalue weighted by atomic mass is 10.2. The maximum Gasteiger partial charge on any atom is 0.379 e. The Morgan fingerprint density at radius 2 is 1.90 bits per heavy atom. The third-order valence-electron chi connectivity index (χ3n) is 4.21. The van der Waals surface area contributed by atoms with E-state index >= 15 is 0 Å². The number of hydrogen-bond donors (Lipinski definition) is 0. The van der Waals surface area contributed by atoms with Gasteiger partial charge in [0.05, 0.1) is 7.11 Å². The molecule has 4 rings (SSSR count). The highest BCUT2D eigenvalue weighted by Gasteiger charge is 2.23. The maximum atomic E-state index is 12.4. The van der Waals surface area contributed by atoms with Gasteiger partial charge in [0.25, 0.3) is 17.5 Å². The first kappa shape index (κ1) is 18.5. The second-order valence-electron chi connectivity index (χ2n) is 6.41. The molecule has 1 atom stereocenters. The molecule has 0 unspecified atom stereocenters. The van der Waals surface area contributed by atoms with Crippen molar-refractivity contribution >= 4 is 11.7 Å². The molecule has 148 valence electrons. The first-order valence-electron chi connectivity index (χ1n) is 8.84. The minimum absolute atomic E-state index is 0.0899. The largest absolute Gasteiger partial charge is 0.497 e. The van der Waals surface area contributed by atoms with Crippen LogP contribution in [-0.2, 0) is 4.74 Å². The highest BCUT2D eigenvalue weighted by molar-refractivity contribution is 5.85. The van der Waals surface area contributed by atoms with Crippen molar-refractivity contribution in [2.24, 2.45) is 0 Å². The van der Waals surface area contributed by atoms with Crippen molar-refractivity contribution in [3.63, 3.8) is 0 Å². The zero-order valence-electron chi connectivity index (χ0n) is 16.3. The van der Waals surface area contributed by atoms with Crippen molar-refractivity contribution in [3.8, 4) is 17.2 Å². The molecule has 0 aliphatic rings. The van der Waals surface area contributed by atoms with E-state index in [2.05, 4.69) is 25.3 Å². The van der Waals surface area contributed by atoms with E-state index in [9.17, 15) is 4.79 Å². The third-order valence-corrected chi connectivity index (χ3v) is 4.21. The van der Waals surface area contributed by atoms with Crippen LogP contribution in [0.25, 0.3) is 17.2 Å². The number of fused-ring (bicyclic) bond motifs is 1. The lowest BCUT2D eigenvalue weighted by Crippen LogP contribution is -2.11. The number of ether oxygens (including phenoxy) is 2. The molecule has 3 heterocycles. The van der Waals surface area contributed by atoms with Gasteiger partial charge in [0.2, 0.25) is 5.89 Å². The zero-order chi connectivity index (χ0) is 20.5. The van der Waals surface area contributed by atoms with E-state index in [1.54, 1.807) is 38.3 Å². The van der Waals surface area contributed by atoms with Gasteiger partial charge in [-0.1, -0.05) is 0 Å². The molecule has 10 nitrogen and oxygen atoms in total. The summed E-state index contributed by atoms with van der Waals surface area (Å²) < 4.78 is 17.6. The number of carbonyl (C=O) groups excluding carboxylic acids is 1. The van der Waals surface area contributed by atoms with E-state index < -0.39 is 12.1 Å². The van der Waals surface area contributed by atoms with Gasteiger partial charge in [-0.2, -0.15) is 4.98 Å². The Morgan fingerprint density at radius 3 is 2.62 bits per heavy atom. The lowest BCUT2D eigenvalue weighted by molar-refractivity contribution is 0.0266. The molecule has 10 heteroatoms. The first-order valence-corrected chi connectivity index (χ1v) is 8.84. The van der Waals surface area contributed by atoms with Crippen molar-refractivity contribution in [2.45, 2.75) is 26.9 Å². The number of nitrogens with zero attached hydrogens (tertiary/aromatic N) is 6. The fraction of sp³-hybridized carbons (Fsp3) is 0.263. The molecule has 1 aromatic carbocycles. The SMILES string of the molecule is COc1ccc(-c2nnc([C@H](C)OC(=O)c3nc4nc(C)cc(C)n4n3)o2)cc1. The first-order chi connectivity index (χ1) is 13.9. The quantitative estimate of drug-likeness (QED) is 0.471. The van der Waals surface area contributed by atoms with Gasteiger partial charge in [-0.05, 0) is 51.1 Å². The lowest BCUT2D eigenvalue weighted by Gasteiger charge is -2.06. The summed E-state index contributed by atoms with van der Waals surface area (Å²) in [6.07, 6.45) is -0.774. The molecule has 29 heavy (non-hydrogen) atoms. The van der Waals surface area contributed by atoms with Gasteiger partial charge in [0.1, 0.15) is 5.75 Å². The monoisotopic (exact) mass is 394 g/mol. The van der Waals surface area contributed by atoms with Gasteiger partial charge < -0.3 is 13.9 Å². The minimum Gasteiger partial charge on any atom is -0.497 e. The third kappa shape index (κ3) is 3.64. The van der Waals surface area contributed by atoms with Gasteiger partial charge in [-0.3, -0.25) is 0 Å². The summed E-state index contributed by atoms with van der Waals surface area (Å²) in [5, 5.41) is 12.1. The Kier molecular flexibility index (Phi) is 4.67. The fourth-order valence-corrected chi connectivity index (χ4v) is 2.77. The van der Waals surface area contributed by atoms with Crippen molar-refractivity contribution in [1.82, 2.24) is 29.8 Å². The van der Waals surface area contributed by atoms with Gasteiger partial charge in [-0.15, -0.1) is 15.3 Å². The van der Waals surface area contributed by atoms with Gasteiger partial charge >= 0.3 is 5.97 Å². The van der Waals surface area contributed by atoms with Crippen molar-refractivity contribution < 1.29 is 18.7 Å². The summed E-state index contributed by atoms with van der Waals surface area (Å²) in [5.74, 6) is 0.735. The second kappa shape index (κ2) is 7.30. The summed E-state index contributed by atoms with van der Waals surface area (Å²) in [7, 11) is 1.59. The molecule has 4 aromatic rings. The number of esters is 1. The number of carbonyl (C=O) groups is 1. The molecular weight excluding hydrogens is 376 g/mol. The Labute approximate surface area is 165 Å². The summed E-state index contributed by atoms with van der Waals surface area (Å²) in [5.41, 5.74) is 2.32. The smallest absolute Gasteiger partial charge is 0.379 e. The normalized spacial score (nSPS) is 12.1. The zero-order valence-corrected chi connectivity index (χ0v) is 16.3. The molecule has 0 fully saturated rings. The van der Waals surface area contributed by atoms with Crippen LogP contribution in [0, 0.1) is 13.8 Å². The molecule has 0 saturated heterocycles. The molecule has 0 bridgehead atoms. The van der Waals surface area contributed by atoms with E-state index in [1.807, 2.05) is 19.9 Å². The standard InChI is InChI=1S/C19H18N6O4/c1-10-9-11(2)25-19(20-10)21-15(24-25)18(26)28-12(3)16-22-23-17(29-16)13-5-7-14(27-4)8-6-13/h5-9,12H,1-4H3/t12-/m0/s1. The highest BCUT2D eigenvalue weighted by atomic mass is 16.6. The molecule has 0 N–H and O–H groups in total. The fourth-order valence-electron chi connectivity index (χ4n) is 2.77. The van der Waals surface area contributed by atoms with Crippen LogP contribution in [0.1, 0.15) is 40.9 Å². The highest BCUT2D eigenvalue weighted by Crippen LogP contribution is 2.24. The number of rotatable bonds is 5.